The zero-order chi connectivity index (χ0) is 16.5. The summed E-state index contributed by atoms with van der Waals surface area (Å²) in [5.41, 5.74) is 1.31. The molecule has 1 aromatic carbocycles. The molecule has 0 atom stereocenters. The second-order valence-corrected chi connectivity index (χ2v) is 5.65. The maximum Gasteiger partial charge on any atom is 0.340 e. The Hall–Kier alpha value is -2.73. The van der Waals surface area contributed by atoms with Gasteiger partial charge in [0.15, 0.2) is 0 Å². The Morgan fingerprint density at radius 2 is 1.96 bits per heavy atom. The first kappa shape index (κ1) is 14.8. The number of pyridine rings is 2. The lowest BCUT2D eigenvalue weighted by Crippen LogP contribution is -2.37. The minimum Gasteiger partial charge on any atom is -0.465 e. The normalized spacial score (nSPS) is 15.0. The average molecular weight is 323 g/mol. The summed E-state index contributed by atoms with van der Waals surface area (Å²) in [6, 6.07) is 7.82. The molecule has 0 spiro atoms. The molecule has 0 N–H and O–H groups in total. The van der Waals surface area contributed by atoms with Crippen LogP contribution in [-0.4, -0.2) is 49.4 Å². The van der Waals surface area contributed by atoms with Gasteiger partial charge in [0, 0.05) is 41.6 Å². The van der Waals surface area contributed by atoms with Crippen LogP contribution < -0.4 is 4.90 Å². The third kappa shape index (κ3) is 2.35. The van der Waals surface area contributed by atoms with Gasteiger partial charge in [0.1, 0.15) is 5.82 Å². The Labute approximate surface area is 139 Å². The van der Waals surface area contributed by atoms with E-state index in [9.17, 15) is 4.79 Å². The SMILES string of the molecule is COC(=O)c1cncc2c(N3CCOCC3)nc3ccccc3c12. The van der Waals surface area contributed by atoms with Crippen LogP contribution >= 0.6 is 0 Å². The van der Waals surface area contributed by atoms with Gasteiger partial charge in [-0.3, -0.25) is 4.98 Å². The van der Waals surface area contributed by atoms with Crippen LogP contribution in [-0.2, 0) is 9.47 Å². The molecule has 6 heteroatoms. The van der Waals surface area contributed by atoms with E-state index in [1.54, 1.807) is 12.4 Å². The van der Waals surface area contributed by atoms with Gasteiger partial charge >= 0.3 is 5.97 Å². The molecule has 1 aliphatic rings. The number of esters is 1. The second-order valence-electron chi connectivity index (χ2n) is 5.65. The molecule has 3 heterocycles. The summed E-state index contributed by atoms with van der Waals surface area (Å²) < 4.78 is 10.4. The van der Waals surface area contributed by atoms with Crippen molar-refractivity contribution in [3.05, 3.63) is 42.2 Å². The number of ether oxygens (including phenoxy) is 2. The van der Waals surface area contributed by atoms with Gasteiger partial charge in [0.25, 0.3) is 0 Å². The van der Waals surface area contributed by atoms with Crippen molar-refractivity contribution in [2.24, 2.45) is 0 Å². The van der Waals surface area contributed by atoms with Crippen LogP contribution in [0.4, 0.5) is 5.82 Å². The molecule has 4 rings (SSSR count). The van der Waals surface area contributed by atoms with Crippen molar-refractivity contribution in [2.75, 3.05) is 38.3 Å². The monoisotopic (exact) mass is 323 g/mol. The number of aromatic nitrogens is 2. The van der Waals surface area contributed by atoms with Gasteiger partial charge in [-0.1, -0.05) is 18.2 Å². The van der Waals surface area contributed by atoms with Gasteiger partial charge in [0.2, 0.25) is 0 Å². The molecule has 6 nitrogen and oxygen atoms in total. The first-order valence-corrected chi connectivity index (χ1v) is 7.87. The number of benzene rings is 1. The quantitative estimate of drug-likeness (QED) is 0.533. The molecule has 0 radical (unpaired) electrons. The molecule has 1 saturated heterocycles. The summed E-state index contributed by atoms with van der Waals surface area (Å²) in [4.78, 5) is 23.5. The van der Waals surface area contributed by atoms with Crippen LogP contribution in [0.5, 0.6) is 0 Å². The summed E-state index contributed by atoms with van der Waals surface area (Å²) in [5.74, 6) is 0.447. The maximum absolute atomic E-state index is 12.2. The third-order valence-corrected chi connectivity index (χ3v) is 4.30. The number of hydrogen-bond acceptors (Lipinski definition) is 6. The van der Waals surface area contributed by atoms with Crippen molar-refractivity contribution in [1.29, 1.82) is 0 Å². The van der Waals surface area contributed by atoms with Gasteiger partial charge in [0.05, 0.1) is 31.4 Å². The standard InChI is InChI=1S/C18H17N3O3/c1-23-18(22)14-11-19-10-13-16(14)12-4-2-3-5-15(12)20-17(13)21-6-8-24-9-7-21/h2-5,10-11H,6-9H2,1H3. The van der Waals surface area contributed by atoms with Crippen molar-refractivity contribution in [3.63, 3.8) is 0 Å². The number of carbonyl (C=O) groups is 1. The van der Waals surface area contributed by atoms with Crippen molar-refractivity contribution >= 4 is 33.5 Å². The van der Waals surface area contributed by atoms with E-state index in [-0.39, 0.29) is 0 Å². The van der Waals surface area contributed by atoms with Crippen LogP contribution in [0.25, 0.3) is 21.7 Å². The van der Waals surface area contributed by atoms with Gasteiger partial charge in [-0.05, 0) is 6.07 Å². The number of hydrogen-bond donors (Lipinski definition) is 0. The number of rotatable bonds is 2. The lowest BCUT2D eigenvalue weighted by atomic mass is 10.0. The fourth-order valence-electron chi connectivity index (χ4n) is 3.16. The lowest BCUT2D eigenvalue weighted by molar-refractivity contribution is 0.0602. The molecule has 0 aliphatic carbocycles. The van der Waals surface area contributed by atoms with Crippen LogP contribution in [0.15, 0.2) is 36.7 Å². The van der Waals surface area contributed by atoms with Crippen molar-refractivity contribution in [3.8, 4) is 0 Å². The van der Waals surface area contributed by atoms with Gasteiger partial charge in [-0.25, -0.2) is 9.78 Å². The minimum absolute atomic E-state index is 0.391. The Morgan fingerprint density at radius 3 is 2.75 bits per heavy atom. The highest BCUT2D eigenvalue weighted by Gasteiger charge is 2.21. The molecule has 0 amide bonds. The molecular weight excluding hydrogens is 306 g/mol. The molecule has 0 unspecified atom stereocenters. The Balaban J connectivity index is 2.07. The number of methoxy groups -OCH3 is 1. The van der Waals surface area contributed by atoms with E-state index >= 15 is 0 Å². The molecule has 0 bridgehead atoms. The van der Waals surface area contributed by atoms with Crippen LogP contribution in [0, 0.1) is 0 Å². The van der Waals surface area contributed by atoms with Crippen LogP contribution in [0.2, 0.25) is 0 Å². The number of anilines is 1. The minimum atomic E-state index is -0.391. The zero-order valence-corrected chi connectivity index (χ0v) is 13.4. The fraction of sp³-hybridized carbons (Fsp3) is 0.278. The van der Waals surface area contributed by atoms with E-state index < -0.39 is 5.97 Å². The lowest BCUT2D eigenvalue weighted by Gasteiger charge is -2.29. The van der Waals surface area contributed by atoms with Crippen LogP contribution in [0.1, 0.15) is 10.4 Å². The van der Waals surface area contributed by atoms with E-state index in [0.717, 1.165) is 40.6 Å². The summed E-state index contributed by atoms with van der Waals surface area (Å²) in [7, 11) is 1.38. The summed E-state index contributed by atoms with van der Waals surface area (Å²) in [6.07, 6.45) is 3.33. The predicted molar refractivity (Wildman–Crippen MR) is 91.4 cm³/mol. The third-order valence-electron chi connectivity index (χ3n) is 4.30. The van der Waals surface area contributed by atoms with Gasteiger partial charge in [-0.2, -0.15) is 0 Å². The Morgan fingerprint density at radius 1 is 1.17 bits per heavy atom. The maximum atomic E-state index is 12.2. The highest BCUT2D eigenvalue weighted by molar-refractivity contribution is 6.18. The largest absolute Gasteiger partial charge is 0.465 e. The summed E-state index contributed by atoms with van der Waals surface area (Å²) in [6.45, 7) is 2.87. The van der Waals surface area contributed by atoms with Crippen molar-refractivity contribution in [2.45, 2.75) is 0 Å². The van der Waals surface area contributed by atoms with Crippen LogP contribution in [0.3, 0.4) is 0 Å². The number of carbonyl (C=O) groups excluding carboxylic acids is 1. The zero-order valence-electron chi connectivity index (χ0n) is 13.4. The molecule has 122 valence electrons. The van der Waals surface area contributed by atoms with Crippen molar-refractivity contribution < 1.29 is 14.3 Å². The van der Waals surface area contributed by atoms with E-state index in [1.165, 1.54) is 7.11 Å². The second kappa shape index (κ2) is 6.05. The molecule has 3 aromatic rings. The highest BCUT2D eigenvalue weighted by Crippen LogP contribution is 2.33. The van der Waals surface area contributed by atoms with Crippen molar-refractivity contribution in [1.82, 2.24) is 9.97 Å². The average Bonchev–Trinajstić information content (AvgIpc) is 2.67. The van der Waals surface area contributed by atoms with E-state index in [0.29, 0.717) is 18.8 Å². The van der Waals surface area contributed by atoms with E-state index in [4.69, 9.17) is 14.5 Å². The number of para-hydroxylation sites is 1. The Kier molecular flexibility index (Phi) is 3.74. The topological polar surface area (TPSA) is 64.5 Å². The highest BCUT2D eigenvalue weighted by atomic mass is 16.5. The number of fused-ring (bicyclic) bond motifs is 3. The predicted octanol–water partition coefficient (Wildman–Crippen LogP) is 2.41. The molecule has 1 fully saturated rings. The van der Waals surface area contributed by atoms with E-state index in [1.807, 2.05) is 24.3 Å². The van der Waals surface area contributed by atoms with E-state index in [2.05, 4.69) is 9.88 Å². The molecular formula is C18H17N3O3. The smallest absolute Gasteiger partial charge is 0.340 e. The number of morpholine rings is 1. The summed E-state index contributed by atoms with van der Waals surface area (Å²) >= 11 is 0. The summed E-state index contributed by atoms with van der Waals surface area (Å²) in [5, 5.41) is 2.62. The Bertz CT molecular complexity index is 920. The molecule has 0 saturated carbocycles. The molecule has 24 heavy (non-hydrogen) atoms. The van der Waals surface area contributed by atoms with Gasteiger partial charge < -0.3 is 14.4 Å². The first-order chi connectivity index (χ1) is 11.8. The molecule has 2 aromatic heterocycles. The number of nitrogens with zero attached hydrogens (tertiary/aromatic N) is 3. The first-order valence-electron chi connectivity index (χ1n) is 7.87. The van der Waals surface area contributed by atoms with Gasteiger partial charge in [-0.15, -0.1) is 0 Å². The fourth-order valence-corrected chi connectivity index (χ4v) is 3.16. The molecule has 1 aliphatic heterocycles.